The summed E-state index contributed by atoms with van der Waals surface area (Å²) < 4.78 is 6.28. The SMILES string of the molecule is Cc1cccc2cccc(N3CCc4c(nc(OC[C@@H]5CCN(C)C5)nc4N4CCN[C@@H](CC#N)C4)C3)c12. The van der Waals surface area contributed by atoms with Gasteiger partial charge < -0.3 is 24.8 Å². The summed E-state index contributed by atoms with van der Waals surface area (Å²) >= 11 is 0. The molecule has 0 aliphatic carbocycles. The molecule has 2 saturated heterocycles. The summed E-state index contributed by atoms with van der Waals surface area (Å²) in [5.41, 5.74) is 4.84. The summed E-state index contributed by atoms with van der Waals surface area (Å²) in [4.78, 5) is 17.1. The highest BCUT2D eigenvalue weighted by atomic mass is 16.5. The molecule has 1 N–H and O–H groups in total. The Kier molecular flexibility index (Phi) is 7.05. The molecule has 198 valence electrons. The van der Waals surface area contributed by atoms with E-state index in [2.05, 4.69) is 76.5 Å². The topological polar surface area (TPSA) is 80.6 Å². The number of rotatable bonds is 6. The van der Waals surface area contributed by atoms with Gasteiger partial charge >= 0.3 is 6.01 Å². The first kappa shape index (κ1) is 24.9. The van der Waals surface area contributed by atoms with Crippen molar-refractivity contribution >= 4 is 22.3 Å². The van der Waals surface area contributed by atoms with Crippen LogP contribution in [0.5, 0.6) is 6.01 Å². The van der Waals surface area contributed by atoms with E-state index in [9.17, 15) is 5.26 Å². The lowest BCUT2D eigenvalue weighted by Crippen LogP contribution is -2.51. The van der Waals surface area contributed by atoms with Crippen LogP contribution in [-0.4, -0.2) is 73.8 Å². The van der Waals surface area contributed by atoms with E-state index >= 15 is 0 Å². The summed E-state index contributed by atoms with van der Waals surface area (Å²) in [7, 11) is 2.17. The molecule has 4 heterocycles. The molecule has 0 radical (unpaired) electrons. The fraction of sp³-hybridized carbons (Fsp3) is 0.500. The van der Waals surface area contributed by atoms with Crippen LogP contribution >= 0.6 is 0 Å². The Morgan fingerprint density at radius 3 is 2.76 bits per heavy atom. The summed E-state index contributed by atoms with van der Waals surface area (Å²) in [5.74, 6) is 1.50. The minimum absolute atomic E-state index is 0.150. The predicted octanol–water partition coefficient (Wildman–Crippen LogP) is 3.52. The molecule has 3 aromatic rings. The quantitative estimate of drug-likeness (QED) is 0.539. The molecule has 0 saturated carbocycles. The Morgan fingerprint density at radius 1 is 1.08 bits per heavy atom. The lowest BCUT2D eigenvalue weighted by molar-refractivity contribution is 0.231. The van der Waals surface area contributed by atoms with Gasteiger partial charge in [-0.3, -0.25) is 0 Å². The molecule has 38 heavy (non-hydrogen) atoms. The fourth-order valence-electron chi connectivity index (χ4n) is 6.31. The highest BCUT2D eigenvalue weighted by molar-refractivity contribution is 5.97. The molecule has 0 amide bonds. The van der Waals surface area contributed by atoms with Crippen molar-refractivity contribution in [2.45, 2.75) is 38.8 Å². The van der Waals surface area contributed by atoms with Crippen molar-refractivity contribution in [1.82, 2.24) is 20.2 Å². The summed E-state index contributed by atoms with van der Waals surface area (Å²) in [6.07, 6.45) is 2.53. The third-order valence-electron chi connectivity index (χ3n) is 8.28. The van der Waals surface area contributed by atoms with Gasteiger partial charge in [0.15, 0.2) is 0 Å². The van der Waals surface area contributed by atoms with Crippen molar-refractivity contribution < 1.29 is 4.74 Å². The number of likely N-dealkylation sites (tertiary alicyclic amines) is 1. The van der Waals surface area contributed by atoms with E-state index in [4.69, 9.17) is 14.7 Å². The first-order valence-electron chi connectivity index (χ1n) is 13.9. The zero-order chi connectivity index (χ0) is 26.1. The van der Waals surface area contributed by atoms with Gasteiger partial charge in [-0.25, -0.2) is 0 Å². The number of nitrogens with zero attached hydrogens (tertiary/aromatic N) is 6. The monoisotopic (exact) mass is 511 g/mol. The molecule has 0 bridgehead atoms. The molecule has 8 heteroatoms. The zero-order valence-electron chi connectivity index (χ0n) is 22.5. The van der Waals surface area contributed by atoms with E-state index in [0.29, 0.717) is 25.0 Å². The van der Waals surface area contributed by atoms with Gasteiger partial charge in [-0.2, -0.15) is 15.2 Å². The van der Waals surface area contributed by atoms with E-state index in [1.807, 2.05) is 0 Å². The molecular formula is C30H37N7O. The molecule has 0 spiro atoms. The number of nitriles is 1. The smallest absolute Gasteiger partial charge is 0.318 e. The van der Waals surface area contributed by atoms with Crippen LogP contribution in [0, 0.1) is 24.2 Å². The largest absolute Gasteiger partial charge is 0.463 e. The molecule has 1 aromatic heterocycles. The number of piperazine rings is 1. The summed E-state index contributed by atoms with van der Waals surface area (Å²) in [6.45, 7) is 9.14. The number of hydrogen-bond acceptors (Lipinski definition) is 8. The number of hydrogen-bond donors (Lipinski definition) is 1. The van der Waals surface area contributed by atoms with E-state index in [-0.39, 0.29) is 6.04 Å². The second-order valence-corrected chi connectivity index (χ2v) is 11.1. The number of nitrogens with one attached hydrogen (secondary N) is 1. The van der Waals surface area contributed by atoms with E-state index in [1.54, 1.807) is 0 Å². The van der Waals surface area contributed by atoms with Gasteiger partial charge in [-0.15, -0.1) is 0 Å². The van der Waals surface area contributed by atoms with E-state index < -0.39 is 0 Å². The first-order chi connectivity index (χ1) is 18.6. The van der Waals surface area contributed by atoms with Crippen molar-refractivity contribution in [1.29, 1.82) is 5.26 Å². The molecule has 2 aromatic carbocycles. The van der Waals surface area contributed by atoms with Gasteiger partial charge in [-0.1, -0.05) is 30.3 Å². The highest BCUT2D eigenvalue weighted by Crippen LogP contribution is 2.35. The first-order valence-corrected chi connectivity index (χ1v) is 13.9. The van der Waals surface area contributed by atoms with Gasteiger partial charge in [0.2, 0.25) is 0 Å². The molecule has 6 rings (SSSR count). The Morgan fingerprint density at radius 2 is 1.95 bits per heavy atom. The number of aryl methyl sites for hydroxylation is 1. The van der Waals surface area contributed by atoms with Gasteiger partial charge in [0.05, 0.1) is 31.3 Å². The molecule has 3 aliphatic heterocycles. The number of benzene rings is 2. The standard InChI is InChI=1S/C30H37N7O/c1-21-5-3-6-23-7-4-8-27(28(21)23)36-15-11-25-26(19-36)33-30(38-20-22-10-14-35(2)17-22)34-29(25)37-16-13-32-24(18-37)9-12-31/h3-8,22,24,32H,9-11,13-20H2,1-2H3/t22-,24+/m1/s1. The van der Waals surface area contributed by atoms with E-state index in [0.717, 1.165) is 70.2 Å². The van der Waals surface area contributed by atoms with Crippen LogP contribution in [0.1, 0.15) is 29.7 Å². The highest BCUT2D eigenvalue weighted by Gasteiger charge is 2.29. The maximum absolute atomic E-state index is 9.27. The Hall–Kier alpha value is -3.41. The molecular weight excluding hydrogens is 474 g/mol. The molecule has 2 atom stereocenters. The Bertz CT molecular complexity index is 1350. The van der Waals surface area contributed by atoms with Crippen molar-refractivity contribution in [3.05, 3.63) is 53.2 Å². The normalized spacial score (nSPS) is 21.9. The second kappa shape index (κ2) is 10.8. The van der Waals surface area contributed by atoms with Crippen molar-refractivity contribution in [3.63, 3.8) is 0 Å². The summed E-state index contributed by atoms with van der Waals surface area (Å²) in [6, 6.07) is 16.1. The minimum Gasteiger partial charge on any atom is -0.463 e. The van der Waals surface area contributed by atoms with Gasteiger partial charge in [0.1, 0.15) is 5.82 Å². The average Bonchev–Trinajstić information content (AvgIpc) is 3.36. The molecule has 8 nitrogen and oxygen atoms in total. The second-order valence-electron chi connectivity index (χ2n) is 11.1. The van der Waals surface area contributed by atoms with Crippen LogP contribution in [0.25, 0.3) is 10.8 Å². The van der Waals surface area contributed by atoms with Gasteiger partial charge in [0.25, 0.3) is 0 Å². The molecule has 3 aliphatic rings. The zero-order valence-corrected chi connectivity index (χ0v) is 22.5. The Balaban J connectivity index is 1.33. The lowest BCUT2D eigenvalue weighted by Gasteiger charge is -2.37. The van der Waals surface area contributed by atoms with Crippen molar-refractivity contribution in [2.75, 3.05) is 62.7 Å². The average molecular weight is 512 g/mol. The minimum atomic E-state index is 0.150. The van der Waals surface area contributed by atoms with Crippen LogP contribution in [0.4, 0.5) is 11.5 Å². The fourth-order valence-corrected chi connectivity index (χ4v) is 6.31. The summed E-state index contributed by atoms with van der Waals surface area (Å²) in [5, 5.41) is 15.3. The number of anilines is 2. The maximum Gasteiger partial charge on any atom is 0.318 e. The van der Waals surface area contributed by atoms with Crippen LogP contribution in [-0.2, 0) is 13.0 Å². The van der Waals surface area contributed by atoms with Crippen LogP contribution in [0.15, 0.2) is 36.4 Å². The molecule has 0 unspecified atom stereocenters. The number of ether oxygens (including phenoxy) is 1. The van der Waals surface area contributed by atoms with Crippen molar-refractivity contribution in [2.24, 2.45) is 5.92 Å². The van der Waals surface area contributed by atoms with Crippen molar-refractivity contribution in [3.8, 4) is 12.1 Å². The molecule has 2 fully saturated rings. The third kappa shape index (κ3) is 5.01. The van der Waals surface area contributed by atoms with Crippen LogP contribution in [0.3, 0.4) is 0 Å². The Labute approximate surface area is 225 Å². The van der Waals surface area contributed by atoms with Gasteiger partial charge in [0, 0.05) is 61.3 Å². The number of fused-ring (bicyclic) bond motifs is 2. The van der Waals surface area contributed by atoms with Gasteiger partial charge in [-0.05, 0) is 50.4 Å². The lowest BCUT2D eigenvalue weighted by atomic mass is 9.99. The predicted molar refractivity (Wildman–Crippen MR) is 151 cm³/mol. The van der Waals surface area contributed by atoms with Crippen LogP contribution in [0.2, 0.25) is 0 Å². The van der Waals surface area contributed by atoms with E-state index in [1.165, 1.54) is 27.6 Å². The number of aromatic nitrogens is 2. The maximum atomic E-state index is 9.27. The van der Waals surface area contributed by atoms with Crippen LogP contribution < -0.4 is 19.9 Å². The third-order valence-corrected chi connectivity index (χ3v) is 8.28.